The highest BCUT2D eigenvalue weighted by molar-refractivity contribution is 7.99. The van der Waals surface area contributed by atoms with E-state index < -0.39 is 0 Å². The molecule has 1 heterocycles. The van der Waals surface area contributed by atoms with Crippen LogP contribution in [0.5, 0.6) is 0 Å². The van der Waals surface area contributed by atoms with Gasteiger partial charge < -0.3 is 9.88 Å². The lowest BCUT2D eigenvalue weighted by Crippen LogP contribution is -2.25. The Morgan fingerprint density at radius 3 is 2.90 bits per heavy atom. The Labute approximate surface area is 123 Å². The SMILES string of the molecule is C#CCNC(=O)CSc1nnc(C)n1C1CCCCC1. The van der Waals surface area contributed by atoms with Gasteiger partial charge in [-0.05, 0) is 19.8 Å². The Bertz CT molecular complexity index is 500. The summed E-state index contributed by atoms with van der Waals surface area (Å²) in [6.07, 6.45) is 11.3. The van der Waals surface area contributed by atoms with Crippen molar-refractivity contribution in [2.75, 3.05) is 12.3 Å². The molecule has 5 nitrogen and oxygen atoms in total. The van der Waals surface area contributed by atoms with Crippen molar-refractivity contribution in [3.8, 4) is 12.3 Å². The molecule has 0 aromatic carbocycles. The zero-order valence-corrected chi connectivity index (χ0v) is 12.6. The number of hydrogen-bond acceptors (Lipinski definition) is 4. The van der Waals surface area contributed by atoms with Crippen molar-refractivity contribution in [1.29, 1.82) is 0 Å². The molecule has 1 amide bonds. The molecule has 108 valence electrons. The van der Waals surface area contributed by atoms with E-state index in [2.05, 4.69) is 26.0 Å². The van der Waals surface area contributed by atoms with Gasteiger partial charge in [0.2, 0.25) is 5.91 Å². The topological polar surface area (TPSA) is 59.8 Å². The predicted octanol–water partition coefficient (Wildman–Crippen LogP) is 1.93. The van der Waals surface area contributed by atoms with Gasteiger partial charge in [-0.1, -0.05) is 36.9 Å². The summed E-state index contributed by atoms with van der Waals surface area (Å²) >= 11 is 1.43. The van der Waals surface area contributed by atoms with Crippen LogP contribution in [0.1, 0.15) is 44.0 Å². The summed E-state index contributed by atoms with van der Waals surface area (Å²) in [6.45, 7) is 2.25. The van der Waals surface area contributed by atoms with Crippen molar-refractivity contribution >= 4 is 17.7 Å². The van der Waals surface area contributed by atoms with Gasteiger partial charge in [0, 0.05) is 6.04 Å². The van der Waals surface area contributed by atoms with Crippen LogP contribution in [-0.2, 0) is 4.79 Å². The number of aryl methyl sites for hydroxylation is 1. The maximum absolute atomic E-state index is 11.6. The molecule has 0 atom stereocenters. The van der Waals surface area contributed by atoms with Crippen LogP contribution in [0.2, 0.25) is 0 Å². The number of carbonyl (C=O) groups excluding carboxylic acids is 1. The first-order valence-corrected chi connectivity index (χ1v) is 7.95. The van der Waals surface area contributed by atoms with Gasteiger partial charge >= 0.3 is 0 Å². The molecular formula is C14H20N4OS. The number of hydrogen-bond donors (Lipinski definition) is 1. The van der Waals surface area contributed by atoms with Crippen molar-refractivity contribution in [2.24, 2.45) is 0 Å². The zero-order valence-electron chi connectivity index (χ0n) is 11.8. The van der Waals surface area contributed by atoms with Crippen LogP contribution in [0, 0.1) is 19.3 Å². The molecule has 0 aliphatic heterocycles. The summed E-state index contributed by atoms with van der Waals surface area (Å²) in [5.74, 6) is 3.58. The van der Waals surface area contributed by atoms with Gasteiger partial charge in [0.05, 0.1) is 12.3 Å². The Hall–Kier alpha value is -1.48. The van der Waals surface area contributed by atoms with Gasteiger partial charge in [0.25, 0.3) is 0 Å². The lowest BCUT2D eigenvalue weighted by atomic mass is 9.95. The van der Waals surface area contributed by atoms with Crippen molar-refractivity contribution in [3.05, 3.63) is 5.82 Å². The predicted molar refractivity (Wildman–Crippen MR) is 79.4 cm³/mol. The second kappa shape index (κ2) is 7.34. The molecule has 1 aromatic rings. The normalized spacial score (nSPS) is 15.8. The number of nitrogens with one attached hydrogen (secondary N) is 1. The third-order valence-electron chi connectivity index (χ3n) is 3.49. The highest BCUT2D eigenvalue weighted by Crippen LogP contribution is 2.32. The number of terminal acetylenes is 1. The summed E-state index contributed by atoms with van der Waals surface area (Å²) < 4.78 is 2.19. The molecular weight excluding hydrogens is 272 g/mol. The molecule has 20 heavy (non-hydrogen) atoms. The van der Waals surface area contributed by atoms with E-state index in [1.54, 1.807) is 0 Å². The number of thioether (sulfide) groups is 1. The fourth-order valence-electron chi connectivity index (χ4n) is 2.54. The van der Waals surface area contributed by atoms with E-state index in [1.807, 2.05) is 6.92 Å². The minimum Gasteiger partial charge on any atom is -0.344 e. The molecule has 0 bridgehead atoms. The quantitative estimate of drug-likeness (QED) is 0.665. The minimum absolute atomic E-state index is 0.0659. The first-order chi connectivity index (χ1) is 9.72. The van der Waals surface area contributed by atoms with E-state index in [0.29, 0.717) is 11.8 Å². The Morgan fingerprint density at radius 1 is 1.45 bits per heavy atom. The molecule has 1 fully saturated rings. The van der Waals surface area contributed by atoms with E-state index in [4.69, 9.17) is 6.42 Å². The van der Waals surface area contributed by atoms with E-state index in [0.717, 1.165) is 11.0 Å². The van der Waals surface area contributed by atoms with Gasteiger partial charge in [0.1, 0.15) is 5.82 Å². The molecule has 6 heteroatoms. The van der Waals surface area contributed by atoms with Crippen molar-refractivity contribution in [3.63, 3.8) is 0 Å². The summed E-state index contributed by atoms with van der Waals surface area (Å²) in [4.78, 5) is 11.6. The zero-order chi connectivity index (χ0) is 14.4. The fraction of sp³-hybridized carbons (Fsp3) is 0.643. The lowest BCUT2D eigenvalue weighted by molar-refractivity contribution is -0.118. The van der Waals surface area contributed by atoms with Crippen LogP contribution >= 0.6 is 11.8 Å². The van der Waals surface area contributed by atoms with E-state index in [-0.39, 0.29) is 12.5 Å². The molecule has 0 spiro atoms. The van der Waals surface area contributed by atoms with Crippen molar-refractivity contribution in [2.45, 2.75) is 50.2 Å². The molecule has 1 aromatic heterocycles. The lowest BCUT2D eigenvalue weighted by Gasteiger charge is -2.24. The van der Waals surface area contributed by atoms with E-state index >= 15 is 0 Å². The average Bonchev–Trinajstić information content (AvgIpc) is 2.84. The van der Waals surface area contributed by atoms with Gasteiger partial charge in [-0.2, -0.15) is 0 Å². The Kier molecular flexibility index (Phi) is 5.48. The first-order valence-electron chi connectivity index (χ1n) is 6.97. The van der Waals surface area contributed by atoms with Crippen molar-refractivity contribution < 1.29 is 4.79 Å². The van der Waals surface area contributed by atoms with Gasteiger partial charge in [-0.25, -0.2) is 0 Å². The summed E-state index contributed by atoms with van der Waals surface area (Å²) in [5, 5.41) is 11.9. The highest BCUT2D eigenvalue weighted by Gasteiger charge is 2.21. The average molecular weight is 292 g/mol. The molecule has 0 saturated heterocycles. The molecule has 1 saturated carbocycles. The molecule has 1 aliphatic rings. The van der Waals surface area contributed by atoms with Gasteiger partial charge in [0.15, 0.2) is 5.16 Å². The maximum atomic E-state index is 11.6. The van der Waals surface area contributed by atoms with Gasteiger partial charge in [-0.15, -0.1) is 16.6 Å². The van der Waals surface area contributed by atoms with E-state index in [9.17, 15) is 4.79 Å². The molecule has 2 rings (SSSR count). The standard InChI is InChI=1S/C14H20N4OS/c1-3-9-15-13(19)10-20-14-17-16-11(2)18(14)12-7-5-4-6-8-12/h1,12H,4-10H2,2H3,(H,15,19). The largest absolute Gasteiger partial charge is 0.344 e. The summed E-state index contributed by atoms with van der Waals surface area (Å²) in [5.41, 5.74) is 0. The number of carbonyl (C=O) groups is 1. The third-order valence-corrected chi connectivity index (χ3v) is 4.44. The molecule has 0 unspecified atom stereocenters. The maximum Gasteiger partial charge on any atom is 0.231 e. The first kappa shape index (κ1) is 14.9. The minimum atomic E-state index is -0.0659. The third kappa shape index (κ3) is 3.76. The monoisotopic (exact) mass is 292 g/mol. The van der Waals surface area contributed by atoms with Gasteiger partial charge in [-0.3, -0.25) is 4.79 Å². The van der Waals surface area contributed by atoms with E-state index in [1.165, 1.54) is 43.9 Å². The number of rotatable bonds is 5. The number of aromatic nitrogens is 3. The summed E-state index contributed by atoms with van der Waals surface area (Å²) in [7, 11) is 0. The van der Waals surface area contributed by atoms with Crippen LogP contribution in [0.3, 0.4) is 0 Å². The fourth-order valence-corrected chi connectivity index (χ4v) is 3.42. The van der Waals surface area contributed by atoms with Crippen LogP contribution in [0.25, 0.3) is 0 Å². The summed E-state index contributed by atoms with van der Waals surface area (Å²) in [6, 6.07) is 0.481. The number of nitrogens with zero attached hydrogens (tertiary/aromatic N) is 3. The second-order valence-electron chi connectivity index (χ2n) is 4.96. The van der Waals surface area contributed by atoms with Crippen LogP contribution < -0.4 is 5.32 Å². The Morgan fingerprint density at radius 2 is 2.20 bits per heavy atom. The Balaban J connectivity index is 1.98. The highest BCUT2D eigenvalue weighted by atomic mass is 32.2. The second-order valence-corrected chi connectivity index (χ2v) is 5.90. The van der Waals surface area contributed by atoms with Crippen LogP contribution in [0.15, 0.2) is 5.16 Å². The smallest absolute Gasteiger partial charge is 0.231 e. The van der Waals surface area contributed by atoms with Crippen LogP contribution in [0.4, 0.5) is 0 Å². The molecule has 1 aliphatic carbocycles. The molecule has 1 N–H and O–H groups in total. The van der Waals surface area contributed by atoms with Crippen molar-refractivity contribution in [1.82, 2.24) is 20.1 Å². The number of amides is 1. The van der Waals surface area contributed by atoms with Crippen LogP contribution in [-0.4, -0.2) is 33.0 Å². The molecule has 0 radical (unpaired) electrons.